The van der Waals surface area contributed by atoms with E-state index in [1.165, 1.54) is 5.56 Å². The van der Waals surface area contributed by atoms with Crippen LogP contribution in [0.15, 0.2) is 18.3 Å². The molecule has 20 heavy (non-hydrogen) atoms. The van der Waals surface area contributed by atoms with Crippen molar-refractivity contribution in [3.8, 4) is 0 Å². The van der Waals surface area contributed by atoms with Gasteiger partial charge in [-0.1, -0.05) is 0 Å². The lowest BCUT2D eigenvalue weighted by atomic mass is 10.1. The normalized spacial score (nSPS) is 12.6. The van der Waals surface area contributed by atoms with Crippen LogP contribution >= 0.6 is 11.3 Å². The van der Waals surface area contributed by atoms with Crippen LogP contribution in [0.2, 0.25) is 0 Å². The number of carbonyl (C=O) groups is 1. The fourth-order valence-electron chi connectivity index (χ4n) is 2.07. The van der Waals surface area contributed by atoms with Crippen LogP contribution in [0, 0.1) is 6.92 Å². The number of hydrogen-bond acceptors (Lipinski definition) is 4. The molecule has 1 unspecified atom stereocenters. The van der Waals surface area contributed by atoms with Crippen molar-refractivity contribution >= 4 is 17.3 Å². The summed E-state index contributed by atoms with van der Waals surface area (Å²) in [5, 5.41) is 16.4. The van der Waals surface area contributed by atoms with Gasteiger partial charge in [-0.25, -0.2) is 0 Å². The molecule has 2 aromatic rings. The third-order valence-corrected chi connectivity index (χ3v) is 4.45. The van der Waals surface area contributed by atoms with Crippen molar-refractivity contribution in [2.75, 3.05) is 0 Å². The zero-order valence-corrected chi connectivity index (χ0v) is 12.7. The molecule has 0 aromatic carbocycles. The number of nitrogens with one attached hydrogen (secondary N) is 1. The highest BCUT2D eigenvalue weighted by Gasteiger charge is 2.12. The van der Waals surface area contributed by atoms with E-state index in [1.54, 1.807) is 11.3 Å². The highest BCUT2D eigenvalue weighted by molar-refractivity contribution is 7.12. The Balaban J connectivity index is 1.93. The number of carboxylic acid groups (broad SMARTS) is 1. The average molecular weight is 293 g/mol. The monoisotopic (exact) mass is 293 g/mol. The smallest absolute Gasteiger partial charge is 0.308 e. The third-order valence-electron chi connectivity index (χ3n) is 3.36. The Morgan fingerprint density at radius 2 is 2.20 bits per heavy atom. The molecule has 0 saturated carbocycles. The van der Waals surface area contributed by atoms with Crippen molar-refractivity contribution in [2.45, 2.75) is 32.9 Å². The second kappa shape index (κ2) is 6.19. The van der Waals surface area contributed by atoms with Crippen LogP contribution in [0.3, 0.4) is 0 Å². The minimum atomic E-state index is -0.786. The Morgan fingerprint density at radius 1 is 1.50 bits per heavy atom. The molecule has 1 atom stereocenters. The van der Waals surface area contributed by atoms with Gasteiger partial charge in [-0.3, -0.25) is 9.48 Å². The molecule has 0 aliphatic rings. The fraction of sp³-hybridized carbons (Fsp3) is 0.429. The topological polar surface area (TPSA) is 67.2 Å². The third kappa shape index (κ3) is 3.46. The van der Waals surface area contributed by atoms with Crippen molar-refractivity contribution in [2.24, 2.45) is 7.05 Å². The molecule has 0 aliphatic heterocycles. The lowest BCUT2D eigenvalue weighted by Crippen LogP contribution is -2.18. The van der Waals surface area contributed by atoms with Gasteiger partial charge in [0.15, 0.2) is 0 Å². The Labute approximate surface area is 122 Å². The van der Waals surface area contributed by atoms with Crippen molar-refractivity contribution < 1.29 is 9.90 Å². The number of rotatable bonds is 6. The van der Waals surface area contributed by atoms with E-state index in [-0.39, 0.29) is 12.5 Å². The van der Waals surface area contributed by atoms with Gasteiger partial charge in [0, 0.05) is 40.6 Å². The predicted molar refractivity (Wildman–Crippen MR) is 78.9 cm³/mol. The molecule has 0 radical (unpaired) electrons. The molecule has 6 heteroatoms. The molecule has 5 nitrogen and oxygen atoms in total. The number of aliphatic carboxylic acids is 1. The Bertz CT molecular complexity index is 603. The minimum Gasteiger partial charge on any atom is -0.481 e. The maximum atomic E-state index is 10.7. The number of hydrogen-bond donors (Lipinski definition) is 2. The van der Waals surface area contributed by atoms with Gasteiger partial charge in [-0.05, 0) is 26.0 Å². The summed E-state index contributed by atoms with van der Waals surface area (Å²) in [5.41, 5.74) is 2.34. The fourth-order valence-corrected chi connectivity index (χ4v) is 3.03. The molecule has 0 saturated heterocycles. The van der Waals surface area contributed by atoms with Gasteiger partial charge in [0.25, 0.3) is 0 Å². The zero-order chi connectivity index (χ0) is 14.7. The number of carboxylic acids is 1. The van der Waals surface area contributed by atoms with Crippen LogP contribution in [0.1, 0.15) is 34.0 Å². The highest BCUT2D eigenvalue weighted by Crippen LogP contribution is 2.20. The number of nitrogens with zero attached hydrogens (tertiary/aromatic N) is 2. The molecule has 2 aromatic heterocycles. The molecule has 0 fully saturated rings. The Morgan fingerprint density at radius 3 is 2.80 bits per heavy atom. The lowest BCUT2D eigenvalue weighted by Gasteiger charge is -2.12. The van der Waals surface area contributed by atoms with Crippen LogP contribution in [-0.2, 0) is 24.8 Å². The van der Waals surface area contributed by atoms with Crippen LogP contribution in [0.25, 0.3) is 0 Å². The molecule has 0 spiro atoms. The van der Waals surface area contributed by atoms with Crippen LogP contribution < -0.4 is 5.32 Å². The van der Waals surface area contributed by atoms with Crippen molar-refractivity contribution in [3.05, 3.63) is 39.3 Å². The van der Waals surface area contributed by atoms with Gasteiger partial charge >= 0.3 is 5.97 Å². The summed E-state index contributed by atoms with van der Waals surface area (Å²) in [7, 11) is 1.93. The summed E-state index contributed by atoms with van der Waals surface area (Å²) in [4.78, 5) is 12.7. The standard InChI is InChI=1S/C14H19N3O2S/c1-9(13-8-16-17(3)10(13)2)15-7-12-5-4-11(20-12)6-14(18)19/h4-5,8-9,15H,6-7H2,1-3H3,(H,18,19). The van der Waals surface area contributed by atoms with Gasteiger partial charge in [0.05, 0.1) is 12.6 Å². The Hall–Kier alpha value is -1.66. The van der Waals surface area contributed by atoms with Gasteiger partial charge in [0.1, 0.15) is 0 Å². The number of aromatic nitrogens is 2. The molecule has 0 bridgehead atoms. The number of aryl methyl sites for hydroxylation is 1. The van der Waals surface area contributed by atoms with Crippen molar-refractivity contribution in [1.29, 1.82) is 0 Å². The van der Waals surface area contributed by atoms with E-state index in [4.69, 9.17) is 5.11 Å². The van der Waals surface area contributed by atoms with Crippen LogP contribution in [0.5, 0.6) is 0 Å². The largest absolute Gasteiger partial charge is 0.481 e. The van der Waals surface area contributed by atoms with Crippen molar-refractivity contribution in [1.82, 2.24) is 15.1 Å². The average Bonchev–Trinajstić information content (AvgIpc) is 2.95. The molecular formula is C14H19N3O2S. The van der Waals surface area contributed by atoms with Crippen LogP contribution in [-0.4, -0.2) is 20.9 Å². The van der Waals surface area contributed by atoms with E-state index in [0.717, 1.165) is 22.0 Å². The van der Waals surface area contributed by atoms with Gasteiger partial charge in [-0.15, -0.1) is 11.3 Å². The number of thiophene rings is 1. The van der Waals surface area contributed by atoms with E-state index in [0.29, 0.717) is 0 Å². The van der Waals surface area contributed by atoms with Crippen molar-refractivity contribution in [3.63, 3.8) is 0 Å². The first-order chi connectivity index (χ1) is 9.47. The summed E-state index contributed by atoms with van der Waals surface area (Å²) in [6, 6.07) is 4.09. The highest BCUT2D eigenvalue weighted by atomic mass is 32.1. The predicted octanol–water partition coefficient (Wildman–Crippen LogP) is 2.27. The molecule has 2 N–H and O–H groups in total. The van der Waals surface area contributed by atoms with E-state index in [2.05, 4.69) is 24.3 Å². The van der Waals surface area contributed by atoms with Gasteiger partial charge < -0.3 is 10.4 Å². The molecule has 2 rings (SSSR count). The summed E-state index contributed by atoms with van der Waals surface area (Å²) < 4.78 is 1.86. The maximum absolute atomic E-state index is 10.7. The summed E-state index contributed by atoms with van der Waals surface area (Å²) in [6.07, 6.45) is 1.99. The molecule has 0 amide bonds. The first-order valence-electron chi connectivity index (χ1n) is 6.48. The Kier molecular flexibility index (Phi) is 4.57. The molecule has 2 heterocycles. The summed E-state index contributed by atoms with van der Waals surface area (Å²) in [6.45, 7) is 4.90. The second-order valence-corrected chi connectivity index (χ2v) is 6.10. The van der Waals surface area contributed by atoms with E-state index >= 15 is 0 Å². The molecular weight excluding hydrogens is 274 g/mol. The summed E-state index contributed by atoms with van der Waals surface area (Å²) in [5.74, 6) is -0.786. The molecule has 108 valence electrons. The molecule has 0 aliphatic carbocycles. The van der Waals surface area contributed by atoms with Crippen LogP contribution in [0.4, 0.5) is 0 Å². The maximum Gasteiger partial charge on any atom is 0.308 e. The van der Waals surface area contributed by atoms with E-state index in [9.17, 15) is 4.79 Å². The van der Waals surface area contributed by atoms with E-state index < -0.39 is 5.97 Å². The summed E-state index contributed by atoms with van der Waals surface area (Å²) >= 11 is 1.54. The zero-order valence-electron chi connectivity index (χ0n) is 11.9. The second-order valence-electron chi connectivity index (χ2n) is 4.85. The minimum absolute atomic E-state index is 0.0991. The lowest BCUT2D eigenvalue weighted by molar-refractivity contribution is -0.136. The first kappa shape index (κ1) is 14.7. The van der Waals surface area contributed by atoms with Gasteiger partial charge in [0.2, 0.25) is 0 Å². The quantitative estimate of drug-likeness (QED) is 0.857. The SMILES string of the molecule is Cc1c(C(C)NCc2ccc(CC(=O)O)s2)cnn1C. The first-order valence-corrected chi connectivity index (χ1v) is 7.30. The van der Waals surface area contributed by atoms with Gasteiger partial charge in [-0.2, -0.15) is 5.10 Å². The van der Waals surface area contributed by atoms with E-state index in [1.807, 2.05) is 30.1 Å².